The molecular formula is C16H14F3NO2. The Morgan fingerprint density at radius 3 is 2.68 bits per heavy atom. The fraction of sp³-hybridized carbons (Fsp3) is 0.188. The average molecular weight is 309 g/mol. The first-order valence-corrected chi connectivity index (χ1v) is 6.54. The molecule has 116 valence electrons. The van der Waals surface area contributed by atoms with E-state index in [4.69, 9.17) is 0 Å². The maximum absolute atomic E-state index is 13.4. The van der Waals surface area contributed by atoms with E-state index in [-0.39, 0.29) is 23.7 Å². The molecule has 0 bridgehead atoms. The summed E-state index contributed by atoms with van der Waals surface area (Å²) < 4.78 is 41.9. The van der Waals surface area contributed by atoms with Crippen LogP contribution in [0.5, 0.6) is 5.75 Å². The molecule has 2 rings (SSSR count). The minimum absolute atomic E-state index is 0.0935. The van der Waals surface area contributed by atoms with Gasteiger partial charge in [0.2, 0.25) is 0 Å². The molecule has 2 aromatic carbocycles. The predicted molar refractivity (Wildman–Crippen MR) is 75.4 cm³/mol. The second-order valence-electron chi connectivity index (χ2n) is 4.67. The Kier molecular flexibility index (Phi) is 5.04. The molecule has 22 heavy (non-hydrogen) atoms. The van der Waals surface area contributed by atoms with Crippen molar-refractivity contribution in [2.24, 2.45) is 0 Å². The lowest BCUT2D eigenvalue weighted by molar-refractivity contribution is -0.0498. The smallest absolute Gasteiger partial charge is 0.387 e. The molecule has 0 saturated carbocycles. The Morgan fingerprint density at radius 2 is 2.00 bits per heavy atom. The summed E-state index contributed by atoms with van der Waals surface area (Å²) in [5.74, 6) is -0.899. The molecule has 0 unspecified atom stereocenters. The summed E-state index contributed by atoms with van der Waals surface area (Å²) >= 11 is 0. The number of nitrogens with one attached hydrogen (secondary N) is 1. The zero-order chi connectivity index (χ0) is 16.1. The van der Waals surface area contributed by atoms with Gasteiger partial charge in [0, 0.05) is 12.1 Å². The maximum Gasteiger partial charge on any atom is 0.387 e. The van der Waals surface area contributed by atoms with Gasteiger partial charge in [-0.25, -0.2) is 4.39 Å². The number of benzene rings is 2. The summed E-state index contributed by atoms with van der Waals surface area (Å²) in [5.41, 5.74) is 1.31. The highest BCUT2D eigenvalue weighted by molar-refractivity contribution is 5.94. The van der Waals surface area contributed by atoms with Gasteiger partial charge in [0.15, 0.2) is 0 Å². The molecule has 0 radical (unpaired) electrons. The van der Waals surface area contributed by atoms with Gasteiger partial charge in [0.1, 0.15) is 11.6 Å². The van der Waals surface area contributed by atoms with E-state index in [0.29, 0.717) is 11.1 Å². The average Bonchev–Trinajstić information content (AvgIpc) is 2.48. The molecule has 0 spiro atoms. The van der Waals surface area contributed by atoms with Crippen molar-refractivity contribution in [2.75, 3.05) is 0 Å². The predicted octanol–water partition coefficient (Wildman–Crippen LogP) is 3.67. The topological polar surface area (TPSA) is 38.3 Å². The van der Waals surface area contributed by atoms with Crippen LogP contribution in [0.4, 0.5) is 13.2 Å². The van der Waals surface area contributed by atoms with Gasteiger partial charge in [0.25, 0.3) is 5.91 Å². The van der Waals surface area contributed by atoms with Crippen LogP contribution in [-0.2, 0) is 6.54 Å². The Balaban J connectivity index is 2.01. The van der Waals surface area contributed by atoms with Crippen molar-refractivity contribution < 1.29 is 22.7 Å². The van der Waals surface area contributed by atoms with Gasteiger partial charge in [-0.1, -0.05) is 18.2 Å². The molecule has 0 saturated heterocycles. The van der Waals surface area contributed by atoms with E-state index < -0.39 is 12.5 Å². The van der Waals surface area contributed by atoms with Crippen molar-refractivity contribution >= 4 is 5.91 Å². The lowest BCUT2D eigenvalue weighted by atomic mass is 10.1. The first-order chi connectivity index (χ1) is 10.5. The van der Waals surface area contributed by atoms with Gasteiger partial charge in [-0.2, -0.15) is 8.78 Å². The number of carbonyl (C=O) groups is 1. The van der Waals surface area contributed by atoms with Gasteiger partial charge < -0.3 is 10.1 Å². The highest BCUT2D eigenvalue weighted by Crippen LogP contribution is 2.16. The van der Waals surface area contributed by atoms with E-state index in [1.165, 1.54) is 30.3 Å². The van der Waals surface area contributed by atoms with Crippen molar-refractivity contribution in [2.45, 2.75) is 20.1 Å². The number of hydrogen-bond donors (Lipinski definition) is 1. The van der Waals surface area contributed by atoms with Crippen LogP contribution in [0.1, 0.15) is 21.5 Å². The molecule has 0 aliphatic heterocycles. The minimum atomic E-state index is -2.95. The highest BCUT2D eigenvalue weighted by Gasteiger charge is 2.09. The third-order valence-electron chi connectivity index (χ3n) is 3.01. The third kappa shape index (κ3) is 4.25. The summed E-state index contributed by atoms with van der Waals surface area (Å²) in [6.45, 7) is -1.17. The van der Waals surface area contributed by atoms with Gasteiger partial charge >= 0.3 is 6.61 Å². The Hall–Kier alpha value is -2.50. The number of rotatable bonds is 5. The Bertz CT molecular complexity index is 674. The molecule has 2 aromatic rings. The van der Waals surface area contributed by atoms with Crippen LogP contribution in [0, 0.1) is 12.7 Å². The third-order valence-corrected chi connectivity index (χ3v) is 3.01. The maximum atomic E-state index is 13.4. The molecule has 0 atom stereocenters. The first kappa shape index (κ1) is 15.9. The van der Waals surface area contributed by atoms with Gasteiger partial charge in [-0.05, 0) is 42.3 Å². The van der Waals surface area contributed by atoms with E-state index in [0.717, 1.165) is 0 Å². The number of amides is 1. The number of hydrogen-bond acceptors (Lipinski definition) is 2. The standard InChI is InChI=1S/C16H14F3NO2/c1-10-5-6-11(7-14(10)17)9-20-15(21)12-3-2-4-13(8-12)22-16(18)19/h2-8,16H,9H2,1H3,(H,20,21). The van der Waals surface area contributed by atoms with Crippen LogP contribution in [-0.4, -0.2) is 12.5 Å². The fourth-order valence-electron chi connectivity index (χ4n) is 1.84. The monoisotopic (exact) mass is 309 g/mol. The Labute approximate surface area is 125 Å². The Morgan fingerprint density at radius 1 is 1.23 bits per heavy atom. The van der Waals surface area contributed by atoms with Gasteiger partial charge in [0.05, 0.1) is 0 Å². The van der Waals surface area contributed by atoms with Crippen molar-refractivity contribution in [1.29, 1.82) is 0 Å². The van der Waals surface area contributed by atoms with Gasteiger partial charge in [-0.15, -0.1) is 0 Å². The van der Waals surface area contributed by atoms with Gasteiger partial charge in [-0.3, -0.25) is 4.79 Å². The summed E-state index contributed by atoms with van der Waals surface area (Å²) in [4.78, 5) is 12.0. The number of ether oxygens (including phenoxy) is 1. The minimum Gasteiger partial charge on any atom is -0.435 e. The fourth-order valence-corrected chi connectivity index (χ4v) is 1.84. The van der Waals surface area contributed by atoms with E-state index in [1.54, 1.807) is 19.1 Å². The molecule has 1 N–H and O–H groups in total. The van der Waals surface area contributed by atoms with Crippen molar-refractivity contribution in [3.63, 3.8) is 0 Å². The normalized spacial score (nSPS) is 10.6. The number of carbonyl (C=O) groups excluding carboxylic acids is 1. The molecule has 0 heterocycles. The summed E-state index contributed by atoms with van der Waals surface area (Å²) in [7, 11) is 0. The molecule has 6 heteroatoms. The van der Waals surface area contributed by atoms with Crippen LogP contribution in [0.15, 0.2) is 42.5 Å². The molecule has 0 aromatic heterocycles. The zero-order valence-corrected chi connectivity index (χ0v) is 11.8. The second kappa shape index (κ2) is 6.98. The van der Waals surface area contributed by atoms with E-state index in [2.05, 4.69) is 10.1 Å². The van der Waals surface area contributed by atoms with Crippen molar-refractivity contribution in [3.8, 4) is 5.75 Å². The van der Waals surface area contributed by atoms with Crippen LogP contribution in [0.2, 0.25) is 0 Å². The van der Waals surface area contributed by atoms with E-state index in [9.17, 15) is 18.0 Å². The zero-order valence-electron chi connectivity index (χ0n) is 11.8. The van der Waals surface area contributed by atoms with Crippen molar-refractivity contribution in [3.05, 3.63) is 65.0 Å². The number of aryl methyl sites for hydroxylation is 1. The van der Waals surface area contributed by atoms with E-state index in [1.807, 2.05) is 0 Å². The summed E-state index contributed by atoms with van der Waals surface area (Å²) in [5, 5.41) is 2.59. The second-order valence-corrected chi connectivity index (χ2v) is 4.67. The number of halogens is 3. The molecule has 1 amide bonds. The first-order valence-electron chi connectivity index (χ1n) is 6.54. The number of alkyl halides is 2. The SMILES string of the molecule is Cc1ccc(CNC(=O)c2cccc(OC(F)F)c2)cc1F. The van der Waals surface area contributed by atoms with Crippen LogP contribution in [0.3, 0.4) is 0 Å². The van der Waals surface area contributed by atoms with Crippen molar-refractivity contribution in [1.82, 2.24) is 5.32 Å². The molecule has 0 aliphatic rings. The van der Waals surface area contributed by atoms with Crippen LogP contribution >= 0.6 is 0 Å². The van der Waals surface area contributed by atoms with E-state index >= 15 is 0 Å². The lowest BCUT2D eigenvalue weighted by Crippen LogP contribution is -2.22. The molecule has 0 aliphatic carbocycles. The molecule has 0 fully saturated rings. The summed E-state index contributed by atoms with van der Waals surface area (Å²) in [6.07, 6.45) is 0. The highest BCUT2D eigenvalue weighted by atomic mass is 19.3. The summed E-state index contributed by atoms with van der Waals surface area (Å²) in [6, 6.07) is 10.1. The van der Waals surface area contributed by atoms with Crippen LogP contribution in [0.25, 0.3) is 0 Å². The molecular weight excluding hydrogens is 295 g/mol. The quantitative estimate of drug-likeness (QED) is 0.915. The largest absolute Gasteiger partial charge is 0.435 e. The molecule has 3 nitrogen and oxygen atoms in total. The lowest BCUT2D eigenvalue weighted by Gasteiger charge is -2.08. The van der Waals surface area contributed by atoms with Crippen LogP contribution < -0.4 is 10.1 Å².